The van der Waals surface area contributed by atoms with Crippen LogP contribution < -0.4 is 4.78 Å². The number of rotatable bonds is 9. The van der Waals surface area contributed by atoms with E-state index in [1.165, 1.54) is 49.0 Å². The van der Waals surface area contributed by atoms with E-state index in [2.05, 4.69) is 34.6 Å². The molecule has 0 aromatic carbocycles. The third-order valence-corrected chi connectivity index (χ3v) is 6.37. The maximum atomic E-state index is 11.2. The van der Waals surface area contributed by atoms with Gasteiger partial charge in [0.1, 0.15) is 0 Å². The normalized spacial score (nSPS) is 19.0. The van der Waals surface area contributed by atoms with Crippen molar-refractivity contribution < 1.29 is 14.1 Å². The lowest BCUT2D eigenvalue weighted by molar-refractivity contribution is 0.00578. The molecule has 2 heterocycles. The van der Waals surface area contributed by atoms with Crippen LogP contribution in [0.2, 0.25) is 0 Å². The molecule has 0 radical (unpaired) electrons. The Morgan fingerprint density at radius 1 is 1.04 bits per heavy atom. The molecule has 0 amide bonds. The van der Waals surface area contributed by atoms with Gasteiger partial charge in [-0.05, 0) is 52.2 Å². The highest BCUT2D eigenvalue weighted by Gasteiger charge is 2.52. The van der Waals surface area contributed by atoms with Crippen molar-refractivity contribution in [1.29, 1.82) is 0 Å². The van der Waals surface area contributed by atoms with Gasteiger partial charge in [-0.1, -0.05) is 39.0 Å². The predicted octanol–water partition coefficient (Wildman–Crippen LogP) is 4.76. The smallest absolute Gasteiger partial charge is 0.399 e. The minimum atomic E-state index is -0.358. The van der Waals surface area contributed by atoms with Crippen LogP contribution in [0.3, 0.4) is 0 Å². The topological polar surface area (TPSA) is 35.5 Å². The van der Waals surface area contributed by atoms with Crippen LogP contribution in [0.5, 0.6) is 0 Å². The average Bonchev–Trinajstić information content (AvgIpc) is 3.01. The lowest BCUT2D eigenvalue weighted by Crippen LogP contribution is -2.41. The van der Waals surface area contributed by atoms with E-state index in [-0.39, 0.29) is 18.3 Å². The maximum Gasteiger partial charge on any atom is 0.505 e. The SMILES string of the molecule is CCCCCCCCc1cc(C=O)sc1B1OC(C)(C)C(C)(C)O1. The van der Waals surface area contributed by atoms with E-state index in [0.29, 0.717) is 0 Å². The summed E-state index contributed by atoms with van der Waals surface area (Å²) in [5.74, 6) is 0. The largest absolute Gasteiger partial charge is 0.505 e. The minimum Gasteiger partial charge on any atom is -0.399 e. The summed E-state index contributed by atoms with van der Waals surface area (Å²) in [6.07, 6.45) is 9.56. The molecule has 0 spiro atoms. The molecule has 134 valence electrons. The zero-order valence-corrected chi connectivity index (χ0v) is 16.6. The zero-order chi connectivity index (χ0) is 17.8. The van der Waals surface area contributed by atoms with Gasteiger partial charge in [0.2, 0.25) is 0 Å². The Bertz CT molecular complexity index is 535. The maximum absolute atomic E-state index is 11.2. The number of hydrogen-bond acceptors (Lipinski definition) is 4. The van der Waals surface area contributed by atoms with Crippen molar-refractivity contribution in [2.24, 2.45) is 0 Å². The fraction of sp³-hybridized carbons (Fsp3) is 0.737. The van der Waals surface area contributed by atoms with E-state index in [1.807, 2.05) is 6.07 Å². The molecule has 0 unspecified atom stereocenters. The Balaban J connectivity index is 2.02. The molecule has 5 heteroatoms. The first kappa shape index (κ1) is 19.7. The Morgan fingerprint density at radius 2 is 1.62 bits per heavy atom. The van der Waals surface area contributed by atoms with Gasteiger partial charge in [0.05, 0.1) is 16.1 Å². The molecule has 1 aliphatic rings. The zero-order valence-electron chi connectivity index (χ0n) is 15.8. The average molecular weight is 350 g/mol. The summed E-state index contributed by atoms with van der Waals surface area (Å²) in [7, 11) is -0.358. The number of carbonyl (C=O) groups is 1. The summed E-state index contributed by atoms with van der Waals surface area (Å²) in [5.41, 5.74) is 0.525. The van der Waals surface area contributed by atoms with Gasteiger partial charge in [-0.25, -0.2) is 0 Å². The lowest BCUT2D eigenvalue weighted by atomic mass is 9.83. The van der Waals surface area contributed by atoms with Gasteiger partial charge < -0.3 is 9.31 Å². The van der Waals surface area contributed by atoms with Crippen molar-refractivity contribution in [3.05, 3.63) is 16.5 Å². The van der Waals surface area contributed by atoms with E-state index in [1.54, 1.807) is 0 Å². The molecule has 0 bridgehead atoms. The molecule has 0 saturated carbocycles. The van der Waals surface area contributed by atoms with Gasteiger partial charge in [0.25, 0.3) is 0 Å². The Labute approximate surface area is 151 Å². The van der Waals surface area contributed by atoms with Gasteiger partial charge in [-0.15, -0.1) is 11.3 Å². The molecule has 1 fully saturated rings. The Kier molecular flexibility index (Phi) is 6.69. The quantitative estimate of drug-likeness (QED) is 0.366. The second-order valence-corrected chi connectivity index (χ2v) is 8.88. The predicted molar refractivity (Wildman–Crippen MR) is 103 cm³/mol. The highest BCUT2D eigenvalue weighted by molar-refractivity contribution is 7.23. The summed E-state index contributed by atoms with van der Waals surface area (Å²) in [5, 5.41) is 0. The van der Waals surface area contributed by atoms with E-state index in [9.17, 15) is 4.79 Å². The molecule has 1 saturated heterocycles. The van der Waals surface area contributed by atoms with Crippen LogP contribution in [0.1, 0.15) is 88.4 Å². The van der Waals surface area contributed by atoms with Crippen LogP contribution >= 0.6 is 11.3 Å². The standard InChI is InChI=1S/C19H31BO3S/c1-6-7-8-9-10-11-12-15-13-16(14-21)24-17(15)20-22-18(2,3)19(4,5)23-20/h13-14H,6-12H2,1-5H3. The molecule has 0 N–H and O–H groups in total. The first-order valence-electron chi connectivity index (χ1n) is 9.24. The number of aldehydes is 1. The van der Waals surface area contributed by atoms with Crippen molar-refractivity contribution >= 4 is 29.5 Å². The first-order valence-corrected chi connectivity index (χ1v) is 10.1. The summed E-state index contributed by atoms with van der Waals surface area (Å²) in [6.45, 7) is 10.5. The number of thiophene rings is 1. The molecule has 24 heavy (non-hydrogen) atoms. The van der Waals surface area contributed by atoms with Crippen molar-refractivity contribution in [3.8, 4) is 0 Å². The molecule has 0 atom stereocenters. The second kappa shape index (κ2) is 8.16. The number of hydrogen-bond donors (Lipinski definition) is 0. The highest BCUT2D eigenvalue weighted by Crippen LogP contribution is 2.37. The van der Waals surface area contributed by atoms with Crippen LogP contribution in [0.25, 0.3) is 0 Å². The third-order valence-electron chi connectivity index (χ3n) is 5.24. The summed E-state index contributed by atoms with van der Waals surface area (Å²) in [4.78, 5) is 12.0. The molecule has 1 aromatic rings. The highest BCUT2D eigenvalue weighted by atomic mass is 32.1. The lowest BCUT2D eigenvalue weighted by Gasteiger charge is -2.32. The van der Waals surface area contributed by atoms with Crippen LogP contribution in [-0.4, -0.2) is 24.6 Å². The summed E-state index contributed by atoms with van der Waals surface area (Å²) < 4.78 is 13.4. The van der Waals surface area contributed by atoms with E-state index < -0.39 is 0 Å². The molecule has 1 aliphatic heterocycles. The van der Waals surface area contributed by atoms with Crippen LogP contribution in [-0.2, 0) is 15.7 Å². The van der Waals surface area contributed by atoms with Gasteiger partial charge in [0, 0.05) is 4.78 Å². The molecule has 2 rings (SSSR count). The second-order valence-electron chi connectivity index (χ2n) is 7.76. The number of aryl methyl sites for hydroxylation is 1. The fourth-order valence-corrected chi connectivity index (χ4v) is 3.95. The molecular weight excluding hydrogens is 319 g/mol. The van der Waals surface area contributed by atoms with E-state index >= 15 is 0 Å². The summed E-state index contributed by atoms with van der Waals surface area (Å²) in [6, 6.07) is 2.02. The monoisotopic (exact) mass is 350 g/mol. The van der Waals surface area contributed by atoms with Gasteiger partial charge in [-0.2, -0.15) is 0 Å². The fourth-order valence-electron chi connectivity index (χ4n) is 2.96. The van der Waals surface area contributed by atoms with Gasteiger partial charge >= 0.3 is 7.12 Å². The minimum absolute atomic E-state index is 0.347. The molecule has 3 nitrogen and oxygen atoms in total. The van der Waals surface area contributed by atoms with Crippen LogP contribution in [0, 0.1) is 0 Å². The van der Waals surface area contributed by atoms with Crippen LogP contribution in [0.4, 0.5) is 0 Å². The van der Waals surface area contributed by atoms with Gasteiger partial charge in [-0.3, -0.25) is 4.79 Å². The van der Waals surface area contributed by atoms with E-state index in [0.717, 1.165) is 28.8 Å². The van der Waals surface area contributed by atoms with Crippen molar-refractivity contribution in [1.82, 2.24) is 0 Å². The van der Waals surface area contributed by atoms with Crippen molar-refractivity contribution in [3.63, 3.8) is 0 Å². The van der Waals surface area contributed by atoms with Gasteiger partial charge in [0.15, 0.2) is 6.29 Å². The van der Waals surface area contributed by atoms with Crippen LogP contribution in [0.15, 0.2) is 6.07 Å². The number of carbonyl (C=O) groups excluding carboxylic acids is 1. The Morgan fingerprint density at radius 3 is 2.21 bits per heavy atom. The Hall–Kier alpha value is -0.645. The molecule has 0 aliphatic carbocycles. The number of unbranched alkanes of at least 4 members (excludes halogenated alkanes) is 5. The van der Waals surface area contributed by atoms with Crippen molar-refractivity contribution in [2.45, 2.75) is 90.8 Å². The molecular formula is C19H31BO3S. The van der Waals surface area contributed by atoms with Crippen molar-refractivity contribution in [2.75, 3.05) is 0 Å². The summed E-state index contributed by atoms with van der Waals surface area (Å²) >= 11 is 1.51. The first-order chi connectivity index (χ1) is 11.3. The van der Waals surface area contributed by atoms with E-state index in [4.69, 9.17) is 9.31 Å². The third kappa shape index (κ3) is 4.50. The molecule has 1 aromatic heterocycles.